The van der Waals surface area contributed by atoms with E-state index < -0.39 is 0 Å². The highest BCUT2D eigenvalue weighted by atomic mass is 16.5. The van der Waals surface area contributed by atoms with Crippen LogP contribution in [0.1, 0.15) is 62.0 Å². The minimum absolute atomic E-state index is 0.0735. The Morgan fingerprint density at radius 2 is 1.41 bits per heavy atom. The van der Waals surface area contributed by atoms with Gasteiger partial charge in [-0.2, -0.15) is 0 Å². The largest absolute Gasteiger partial charge is 0.508 e. The van der Waals surface area contributed by atoms with E-state index in [0.717, 1.165) is 22.3 Å². The molecule has 2 aliphatic heterocycles. The van der Waals surface area contributed by atoms with Gasteiger partial charge in [0.15, 0.2) is 0 Å². The third-order valence-corrected chi connectivity index (χ3v) is 5.63. The van der Waals surface area contributed by atoms with Gasteiger partial charge in [0, 0.05) is 23.3 Å². The van der Waals surface area contributed by atoms with Crippen LogP contribution in [0.3, 0.4) is 0 Å². The Bertz CT molecular complexity index is 1010. The highest BCUT2D eigenvalue weighted by molar-refractivity contribution is 5.56. The monoisotopic (exact) mass is 392 g/mol. The number of phenolic OH excluding ortho intramolecular Hbond substituents is 2. The number of hydrogen-bond acceptors (Lipinski definition) is 4. The molecule has 2 unspecified atom stereocenters. The van der Waals surface area contributed by atoms with Crippen molar-refractivity contribution in [1.82, 2.24) is 0 Å². The molecule has 2 aromatic rings. The first-order valence-corrected chi connectivity index (χ1v) is 10.1. The van der Waals surface area contributed by atoms with Gasteiger partial charge in [0.25, 0.3) is 0 Å². The molecule has 2 heterocycles. The fraction of sp³-hybridized carbons (Fsp3) is 0.360. The van der Waals surface area contributed by atoms with Crippen molar-refractivity contribution in [3.8, 4) is 23.0 Å². The van der Waals surface area contributed by atoms with Crippen molar-refractivity contribution in [3.05, 3.63) is 69.8 Å². The molecule has 2 aromatic carbocycles. The Hall–Kier alpha value is -2.88. The molecule has 0 spiro atoms. The lowest BCUT2D eigenvalue weighted by Gasteiger charge is -2.28. The molecule has 29 heavy (non-hydrogen) atoms. The van der Waals surface area contributed by atoms with Gasteiger partial charge >= 0.3 is 0 Å². The molecular formula is C25H28O4. The summed E-state index contributed by atoms with van der Waals surface area (Å²) in [6.07, 6.45) is 5.40. The summed E-state index contributed by atoms with van der Waals surface area (Å²) in [7, 11) is 0. The zero-order valence-corrected chi connectivity index (χ0v) is 17.5. The molecule has 2 atom stereocenters. The van der Waals surface area contributed by atoms with Crippen molar-refractivity contribution < 1.29 is 19.7 Å². The second-order valence-electron chi connectivity index (χ2n) is 8.46. The topological polar surface area (TPSA) is 58.9 Å². The van der Waals surface area contributed by atoms with E-state index in [1.807, 2.05) is 26.0 Å². The Kier molecular flexibility index (Phi) is 5.03. The molecule has 4 nitrogen and oxygen atoms in total. The number of aromatic hydroxyl groups is 2. The van der Waals surface area contributed by atoms with Gasteiger partial charge in [-0.1, -0.05) is 23.3 Å². The molecule has 0 saturated heterocycles. The number of benzene rings is 2. The molecule has 0 fully saturated rings. The quantitative estimate of drug-likeness (QED) is 0.653. The molecule has 0 aromatic heterocycles. The highest BCUT2D eigenvalue weighted by Gasteiger charge is 2.41. The average Bonchev–Trinajstić information content (AvgIpc) is 3.01. The third kappa shape index (κ3) is 3.71. The van der Waals surface area contributed by atoms with Crippen LogP contribution >= 0.6 is 0 Å². The number of hydrogen-bond donors (Lipinski definition) is 2. The Labute approximate surface area is 172 Å². The molecule has 4 rings (SSSR count). The standard InChI is InChI=1S/C25H28O4/c1-14(2)5-7-16-9-18-20-13-28-23-11-21(26)17(8-6-15(3)4)10-19(23)25(20)29-24(18)12-22(16)27/h5-6,9-12,20,25-27H,7-8,13H2,1-4H3. The van der Waals surface area contributed by atoms with Crippen molar-refractivity contribution in [1.29, 1.82) is 0 Å². The normalized spacial score (nSPS) is 18.6. The molecule has 4 heteroatoms. The van der Waals surface area contributed by atoms with Crippen LogP contribution in [0.4, 0.5) is 0 Å². The summed E-state index contributed by atoms with van der Waals surface area (Å²) in [5.74, 6) is 1.97. The fourth-order valence-electron chi connectivity index (χ4n) is 3.98. The second-order valence-corrected chi connectivity index (χ2v) is 8.46. The van der Waals surface area contributed by atoms with E-state index in [4.69, 9.17) is 9.47 Å². The lowest BCUT2D eigenvalue weighted by atomic mass is 9.87. The summed E-state index contributed by atoms with van der Waals surface area (Å²) < 4.78 is 12.3. The highest BCUT2D eigenvalue weighted by Crippen LogP contribution is 2.53. The first-order valence-electron chi connectivity index (χ1n) is 10.1. The number of fused-ring (bicyclic) bond motifs is 5. The fourth-order valence-corrected chi connectivity index (χ4v) is 3.98. The maximum atomic E-state index is 10.4. The summed E-state index contributed by atoms with van der Waals surface area (Å²) in [6.45, 7) is 8.69. The molecule has 0 radical (unpaired) electrons. The van der Waals surface area contributed by atoms with Crippen LogP contribution < -0.4 is 9.47 Å². The minimum atomic E-state index is -0.169. The second kappa shape index (κ2) is 7.51. The zero-order chi connectivity index (χ0) is 20.7. The van der Waals surface area contributed by atoms with Crippen molar-refractivity contribution in [2.75, 3.05) is 6.61 Å². The van der Waals surface area contributed by atoms with Gasteiger partial charge in [0.05, 0.1) is 12.5 Å². The Balaban J connectivity index is 1.69. The molecule has 0 aliphatic carbocycles. The summed E-state index contributed by atoms with van der Waals surface area (Å²) in [6, 6.07) is 7.47. The lowest BCUT2D eigenvalue weighted by Crippen LogP contribution is -2.23. The van der Waals surface area contributed by atoms with E-state index in [1.165, 1.54) is 11.1 Å². The number of rotatable bonds is 4. The van der Waals surface area contributed by atoms with Crippen LogP contribution in [0.5, 0.6) is 23.0 Å². The molecule has 152 valence electrons. The van der Waals surface area contributed by atoms with Crippen molar-refractivity contribution in [3.63, 3.8) is 0 Å². The number of ether oxygens (including phenoxy) is 2. The molecular weight excluding hydrogens is 364 g/mol. The van der Waals surface area contributed by atoms with Gasteiger partial charge in [-0.3, -0.25) is 0 Å². The molecule has 0 bridgehead atoms. The summed E-state index contributed by atoms with van der Waals surface area (Å²) in [5.41, 5.74) is 6.22. The van der Waals surface area contributed by atoms with Crippen LogP contribution in [-0.4, -0.2) is 16.8 Å². The third-order valence-electron chi connectivity index (χ3n) is 5.63. The summed E-state index contributed by atoms with van der Waals surface area (Å²) >= 11 is 0. The molecule has 2 N–H and O–H groups in total. The first kappa shape index (κ1) is 19.4. The number of allylic oxidation sites excluding steroid dienone is 4. The van der Waals surface area contributed by atoms with Gasteiger partial charge < -0.3 is 19.7 Å². The van der Waals surface area contributed by atoms with Gasteiger partial charge in [-0.15, -0.1) is 0 Å². The predicted molar refractivity (Wildman–Crippen MR) is 114 cm³/mol. The lowest BCUT2D eigenvalue weighted by molar-refractivity contribution is 0.139. The van der Waals surface area contributed by atoms with E-state index in [2.05, 4.69) is 26.0 Å². The van der Waals surface area contributed by atoms with Gasteiger partial charge in [-0.05, 0) is 63.8 Å². The van der Waals surface area contributed by atoms with Crippen molar-refractivity contribution in [2.24, 2.45) is 0 Å². The smallest absolute Gasteiger partial charge is 0.138 e. The number of phenols is 2. The van der Waals surface area contributed by atoms with Crippen LogP contribution in [0.25, 0.3) is 0 Å². The zero-order valence-electron chi connectivity index (χ0n) is 17.5. The predicted octanol–water partition coefficient (Wildman–Crippen LogP) is 5.72. The van der Waals surface area contributed by atoms with Gasteiger partial charge in [0.2, 0.25) is 0 Å². The van der Waals surface area contributed by atoms with Gasteiger partial charge in [-0.25, -0.2) is 0 Å². The van der Waals surface area contributed by atoms with Gasteiger partial charge in [0.1, 0.15) is 29.1 Å². The van der Waals surface area contributed by atoms with Crippen molar-refractivity contribution in [2.45, 2.75) is 52.6 Å². The summed E-state index contributed by atoms with van der Waals surface area (Å²) in [4.78, 5) is 0. The van der Waals surface area contributed by atoms with Crippen LogP contribution in [0.2, 0.25) is 0 Å². The van der Waals surface area contributed by atoms with Crippen molar-refractivity contribution >= 4 is 0 Å². The Morgan fingerprint density at radius 3 is 2.00 bits per heavy atom. The summed E-state index contributed by atoms with van der Waals surface area (Å²) in [5, 5.41) is 20.8. The SMILES string of the molecule is CC(C)=CCc1cc2c(cc1O)OC1c3cc(CC=C(C)C)c(O)cc3OCC21. The molecule has 0 amide bonds. The first-order chi connectivity index (χ1) is 13.8. The average molecular weight is 392 g/mol. The van der Waals surface area contributed by atoms with E-state index in [1.54, 1.807) is 12.1 Å². The maximum absolute atomic E-state index is 10.4. The minimum Gasteiger partial charge on any atom is -0.508 e. The van der Waals surface area contributed by atoms with E-state index >= 15 is 0 Å². The Morgan fingerprint density at radius 1 is 0.862 bits per heavy atom. The maximum Gasteiger partial charge on any atom is 0.138 e. The van der Waals surface area contributed by atoms with Crippen LogP contribution in [0.15, 0.2) is 47.6 Å². The molecule has 0 saturated carbocycles. The van der Waals surface area contributed by atoms with E-state index in [-0.39, 0.29) is 23.5 Å². The molecule has 2 aliphatic rings. The van der Waals surface area contributed by atoms with Crippen LogP contribution in [-0.2, 0) is 12.8 Å². The van der Waals surface area contributed by atoms with E-state index in [9.17, 15) is 10.2 Å². The van der Waals surface area contributed by atoms with E-state index in [0.29, 0.717) is 30.9 Å². The van der Waals surface area contributed by atoms with Crippen LogP contribution in [0, 0.1) is 0 Å².